The van der Waals surface area contributed by atoms with Gasteiger partial charge in [0.2, 0.25) is 0 Å². The van der Waals surface area contributed by atoms with Gasteiger partial charge in [-0.15, -0.1) is 0 Å². The van der Waals surface area contributed by atoms with Crippen LogP contribution in [0.1, 0.15) is 29.7 Å². The fraction of sp³-hybridized carbons (Fsp3) is 0.250. The zero-order valence-electron chi connectivity index (χ0n) is 17.1. The van der Waals surface area contributed by atoms with Crippen LogP contribution < -0.4 is 14.8 Å². The first-order valence-corrected chi connectivity index (χ1v) is 10.7. The molecule has 0 saturated heterocycles. The maximum atomic E-state index is 13.2. The maximum Gasteiger partial charge on any atom is 0.163 e. The molecule has 7 heteroatoms. The van der Waals surface area contributed by atoms with Crippen LogP contribution in [0.25, 0.3) is 0 Å². The van der Waals surface area contributed by atoms with Gasteiger partial charge in [-0.25, -0.2) is 4.39 Å². The van der Waals surface area contributed by atoms with Gasteiger partial charge in [-0.3, -0.25) is 0 Å². The molecule has 0 amide bonds. The topological polar surface area (TPSA) is 50.7 Å². The van der Waals surface area contributed by atoms with Crippen molar-refractivity contribution >= 4 is 23.2 Å². The largest absolute Gasteiger partial charge is 0.490 e. The number of halogens is 3. The van der Waals surface area contributed by atoms with Crippen molar-refractivity contribution in [3.05, 3.63) is 93.2 Å². The summed E-state index contributed by atoms with van der Waals surface area (Å²) < 4.78 is 24.8. The molecule has 0 bridgehead atoms. The van der Waals surface area contributed by atoms with Crippen molar-refractivity contribution in [2.45, 2.75) is 26.2 Å². The van der Waals surface area contributed by atoms with Crippen LogP contribution in [0.3, 0.4) is 0 Å². The number of aliphatic hydroxyl groups excluding tert-OH is 1. The summed E-state index contributed by atoms with van der Waals surface area (Å²) in [5.41, 5.74) is 2.32. The highest BCUT2D eigenvalue weighted by molar-refractivity contribution is 6.31. The molecule has 0 aromatic heterocycles. The molecule has 4 nitrogen and oxygen atoms in total. The molecule has 1 unspecified atom stereocenters. The highest BCUT2D eigenvalue weighted by atomic mass is 35.5. The summed E-state index contributed by atoms with van der Waals surface area (Å²) in [7, 11) is 0. The van der Waals surface area contributed by atoms with Crippen molar-refractivity contribution in [2.24, 2.45) is 0 Å². The lowest BCUT2D eigenvalue weighted by Gasteiger charge is -2.17. The van der Waals surface area contributed by atoms with E-state index in [-0.39, 0.29) is 6.61 Å². The molecular weight excluding hydrogens is 440 g/mol. The lowest BCUT2D eigenvalue weighted by atomic mass is 10.1. The van der Waals surface area contributed by atoms with Crippen LogP contribution in [0.4, 0.5) is 4.39 Å². The van der Waals surface area contributed by atoms with E-state index in [1.54, 1.807) is 12.1 Å². The molecule has 3 aromatic rings. The zero-order valence-corrected chi connectivity index (χ0v) is 18.6. The second kappa shape index (κ2) is 11.3. The van der Waals surface area contributed by atoms with Crippen LogP contribution in [-0.4, -0.2) is 18.3 Å². The van der Waals surface area contributed by atoms with Gasteiger partial charge in [-0.1, -0.05) is 59.6 Å². The smallest absolute Gasteiger partial charge is 0.163 e. The molecule has 0 spiro atoms. The Balaban J connectivity index is 1.66. The summed E-state index contributed by atoms with van der Waals surface area (Å²) in [6.45, 7) is 3.31. The van der Waals surface area contributed by atoms with Crippen LogP contribution in [-0.2, 0) is 13.2 Å². The lowest BCUT2D eigenvalue weighted by Crippen LogP contribution is -2.21. The van der Waals surface area contributed by atoms with Gasteiger partial charge in [0.15, 0.2) is 11.5 Å². The van der Waals surface area contributed by atoms with Crippen LogP contribution in [0.2, 0.25) is 10.0 Å². The summed E-state index contributed by atoms with van der Waals surface area (Å²) in [4.78, 5) is 0. The molecule has 164 valence electrons. The van der Waals surface area contributed by atoms with E-state index in [1.807, 2.05) is 43.3 Å². The molecule has 1 atom stereocenters. The first-order valence-electron chi connectivity index (χ1n) is 9.93. The zero-order chi connectivity index (χ0) is 22.2. The van der Waals surface area contributed by atoms with E-state index < -0.39 is 11.9 Å². The van der Waals surface area contributed by atoms with Gasteiger partial charge >= 0.3 is 0 Å². The Kier molecular flexibility index (Phi) is 8.55. The molecule has 31 heavy (non-hydrogen) atoms. The standard InChI is InChI=1S/C24H24Cl2FNO3/c1-2-30-23-10-18(13-28-14-22(29)16-6-4-3-5-7-16)21(26)12-24(23)31-15-17-8-9-19(27)11-20(17)25/h3-12,22,28-29H,2,13-15H2,1H3. The molecule has 0 fully saturated rings. The van der Waals surface area contributed by atoms with Gasteiger partial charge in [0.05, 0.1) is 17.7 Å². The van der Waals surface area contributed by atoms with Gasteiger partial charge in [-0.05, 0) is 36.2 Å². The van der Waals surface area contributed by atoms with E-state index in [9.17, 15) is 9.50 Å². The second-order valence-corrected chi connectivity index (χ2v) is 7.72. The molecule has 0 radical (unpaired) electrons. The van der Waals surface area contributed by atoms with Crippen molar-refractivity contribution in [2.75, 3.05) is 13.2 Å². The first kappa shape index (κ1) is 23.4. The number of ether oxygens (including phenoxy) is 2. The summed E-state index contributed by atoms with van der Waals surface area (Å²) in [5.74, 6) is 0.617. The Labute approximate surface area is 191 Å². The van der Waals surface area contributed by atoms with Gasteiger partial charge < -0.3 is 19.9 Å². The van der Waals surface area contributed by atoms with E-state index >= 15 is 0 Å². The Hall–Kier alpha value is -2.31. The monoisotopic (exact) mass is 463 g/mol. The third-order valence-corrected chi connectivity index (χ3v) is 5.35. The average molecular weight is 464 g/mol. The average Bonchev–Trinajstić information content (AvgIpc) is 2.76. The molecular formula is C24H24Cl2FNO3. The summed E-state index contributed by atoms with van der Waals surface area (Å²) >= 11 is 12.5. The number of rotatable bonds is 10. The van der Waals surface area contributed by atoms with Crippen LogP contribution in [0, 0.1) is 5.82 Å². The van der Waals surface area contributed by atoms with Crippen LogP contribution >= 0.6 is 23.2 Å². The molecule has 0 saturated carbocycles. The summed E-state index contributed by atoms with van der Waals surface area (Å²) in [5, 5.41) is 14.3. The maximum absolute atomic E-state index is 13.2. The minimum absolute atomic E-state index is 0.149. The van der Waals surface area contributed by atoms with Gasteiger partial charge in [0, 0.05) is 29.7 Å². The fourth-order valence-corrected chi connectivity index (χ4v) is 3.47. The SMILES string of the molecule is CCOc1cc(CNCC(O)c2ccccc2)c(Cl)cc1OCc1ccc(F)cc1Cl. The number of hydrogen-bond donors (Lipinski definition) is 2. The Morgan fingerprint density at radius 2 is 1.65 bits per heavy atom. The van der Waals surface area contributed by atoms with Crippen molar-refractivity contribution in [3.8, 4) is 11.5 Å². The Morgan fingerprint density at radius 1 is 0.935 bits per heavy atom. The molecule has 0 heterocycles. The number of aliphatic hydroxyl groups is 1. The molecule has 3 aromatic carbocycles. The minimum Gasteiger partial charge on any atom is -0.490 e. The normalized spacial score (nSPS) is 11.9. The molecule has 0 aliphatic rings. The first-order chi connectivity index (χ1) is 15.0. The van der Waals surface area contributed by atoms with Crippen molar-refractivity contribution in [1.29, 1.82) is 0 Å². The Morgan fingerprint density at radius 3 is 2.35 bits per heavy atom. The molecule has 3 rings (SSSR count). The number of benzene rings is 3. The van der Waals surface area contributed by atoms with E-state index in [0.29, 0.717) is 46.8 Å². The second-order valence-electron chi connectivity index (χ2n) is 6.91. The third-order valence-electron chi connectivity index (χ3n) is 4.65. The number of hydrogen-bond acceptors (Lipinski definition) is 4. The summed E-state index contributed by atoms with van der Waals surface area (Å²) in [6, 6.07) is 17.1. The minimum atomic E-state index is -0.616. The molecule has 0 aliphatic carbocycles. The summed E-state index contributed by atoms with van der Waals surface area (Å²) in [6.07, 6.45) is -0.616. The van der Waals surface area contributed by atoms with Crippen LogP contribution in [0.15, 0.2) is 60.7 Å². The van der Waals surface area contributed by atoms with Gasteiger partial charge in [0.1, 0.15) is 12.4 Å². The van der Waals surface area contributed by atoms with Gasteiger partial charge in [-0.2, -0.15) is 0 Å². The fourth-order valence-electron chi connectivity index (χ4n) is 3.02. The third kappa shape index (κ3) is 6.58. The van der Waals surface area contributed by atoms with E-state index in [0.717, 1.165) is 11.1 Å². The highest BCUT2D eigenvalue weighted by Gasteiger charge is 2.13. The lowest BCUT2D eigenvalue weighted by molar-refractivity contribution is 0.174. The van der Waals surface area contributed by atoms with Crippen molar-refractivity contribution in [1.82, 2.24) is 5.32 Å². The quantitative estimate of drug-likeness (QED) is 0.390. The molecule has 0 aliphatic heterocycles. The number of nitrogens with one attached hydrogen (secondary N) is 1. The van der Waals surface area contributed by atoms with E-state index in [4.69, 9.17) is 32.7 Å². The predicted octanol–water partition coefficient (Wildman–Crippen LogP) is 5.93. The van der Waals surface area contributed by atoms with E-state index in [1.165, 1.54) is 12.1 Å². The predicted molar refractivity (Wildman–Crippen MR) is 121 cm³/mol. The van der Waals surface area contributed by atoms with Crippen LogP contribution in [0.5, 0.6) is 11.5 Å². The highest BCUT2D eigenvalue weighted by Crippen LogP contribution is 2.34. The molecule has 2 N–H and O–H groups in total. The van der Waals surface area contributed by atoms with Crippen molar-refractivity contribution < 1.29 is 19.0 Å². The Bertz CT molecular complexity index is 1000. The van der Waals surface area contributed by atoms with E-state index in [2.05, 4.69) is 5.32 Å². The van der Waals surface area contributed by atoms with Crippen molar-refractivity contribution in [3.63, 3.8) is 0 Å². The van der Waals surface area contributed by atoms with Gasteiger partial charge in [0.25, 0.3) is 0 Å².